The molecule has 1 heterocycles. The molecule has 0 bridgehead atoms. The van der Waals surface area contributed by atoms with Gasteiger partial charge in [0.05, 0.1) is 23.6 Å². The summed E-state index contributed by atoms with van der Waals surface area (Å²) in [7, 11) is 1.53. The van der Waals surface area contributed by atoms with Gasteiger partial charge in [0, 0.05) is 25.1 Å². The molecule has 1 amide bonds. The van der Waals surface area contributed by atoms with E-state index in [0.717, 1.165) is 5.56 Å². The quantitative estimate of drug-likeness (QED) is 0.431. The lowest BCUT2D eigenvalue weighted by atomic mass is 10.1. The molecule has 8 heteroatoms. The maximum atomic E-state index is 12.4. The molecule has 146 valence electrons. The highest BCUT2D eigenvalue weighted by Crippen LogP contribution is 2.34. The topological polar surface area (TPSA) is 99.0 Å². The second kappa shape index (κ2) is 8.08. The van der Waals surface area contributed by atoms with Gasteiger partial charge in [-0.05, 0) is 42.3 Å². The van der Waals surface area contributed by atoms with Gasteiger partial charge in [0.25, 0.3) is 5.69 Å². The number of esters is 1. The molecule has 1 atom stereocenters. The summed E-state index contributed by atoms with van der Waals surface area (Å²) in [6.45, 7) is 2.13. The molecule has 0 unspecified atom stereocenters. The number of amides is 1. The van der Waals surface area contributed by atoms with Gasteiger partial charge in [-0.1, -0.05) is 6.07 Å². The third kappa shape index (κ3) is 4.11. The van der Waals surface area contributed by atoms with Gasteiger partial charge in [0.15, 0.2) is 0 Å². The molecule has 3 rings (SSSR count). The predicted octanol–water partition coefficient (Wildman–Crippen LogP) is 3.01. The molecule has 1 saturated heterocycles. The molecule has 28 heavy (non-hydrogen) atoms. The first-order valence-corrected chi connectivity index (χ1v) is 8.74. The van der Waals surface area contributed by atoms with Gasteiger partial charge in [-0.3, -0.25) is 19.7 Å². The Bertz CT molecular complexity index is 909. The lowest BCUT2D eigenvalue weighted by Gasteiger charge is -2.20. The van der Waals surface area contributed by atoms with E-state index in [1.165, 1.54) is 31.4 Å². The predicted molar refractivity (Wildman–Crippen MR) is 101 cm³/mol. The van der Waals surface area contributed by atoms with Crippen molar-refractivity contribution in [2.45, 2.75) is 20.0 Å². The average Bonchev–Trinajstić information content (AvgIpc) is 3.08. The van der Waals surface area contributed by atoms with Crippen LogP contribution in [0.3, 0.4) is 0 Å². The summed E-state index contributed by atoms with van der Waals surface area (Å²) in [6, 6.07) is 11.3. The van der Waals surface area contributed by atoms with E-state index in [2.05, 4.69) is 0 Å². The number of hydrogen-bond donors (Lipinski definition) is 0. The molecule has 1 aliphatic rings. The number of nitro benzene ring substituents is 1. The molecule has 2 aromatic rings. The van der Waals surface area contributed by atoms with Gasteiger partial charge in [-0.25, -0.2) is 0 Å². The Morgan fingerprint density at radius 2 is 1.96 bits per heavy atom. The van der Waals surface area contributed by atoms with Crippen molar-refractivity contribution in [2.75, 3.05) is 18.6 Å². The fourth-order valence-electron chi connectivity index (χ4n) is 3.10. The number of nitrogens with zero attached hydrogens (tertiary/aromatic N) is 2. The van der Waals surface area contributed by atoms with Crippen molar-refractivity contribution in [1.82, 2.24) is 0 Å². The Morgan fingerprint density at radius 3 is 2.61 bits per heavy atom. The molecule has 0 aromatic heterocycles. The molecular weight excluding hydrogens is 364 g/mol. The van der Waals surface area contributed by atoms with Crippen LogP contribution < -0.4 is 9.64 Å². The van der Waals surface area contributed by atoms with Crippen molar-refractivity contribution >= 4 is 23.3 Å². The van der Waals surface area contributed by atoms with E-state index < -0.39 is 16.8 Å². The average molecular weight is 384 g/mol. The van der Waals surface area contributed by atoms with Crippen LogP contribution in [0, 0.1) is 23.0 Å². The van der Waals surface area contributed by atoms with Gasteiger partial charge in [0.1, 0.15) is 12.4 Å². The standard InChI is InChI=1S/C20H20N2O6/c1-13-3-8-18(27-2)17(9-13)21-11-15(10-19(21)23)20(24)28-12-14-4-6-16(7-5-14)22(25)26/h3-9,15H,10-12H2,1-2H3/t15-/m1/s1. The number of hydrogen-bond acceptors (Lipinski definition) is 6. The van der Waals surface area contributed by atoms with Gasteiger partial charge in [-0.15, -0.1) is 0 Å². The fraction of sp³-hybridized carbons (Fsp3) is 0.300. The van der Waals surface area contributed by atoms with Crippen LogP contribution in [0.25, 0.3) is 0 Å². The summed E-state index contributed by atoms with van der Waals surface area (Å²) in [5, 5.41) is 10.7. The molecule has 1 aliphatic heterocycles. The van der Waals surface area contributed by atoms with Crippen molar-refractivity contribution in [1.29, 1.82) is 0 Å². The van der Waals surface area contributed by atoms with Crippen molar-refractivity contribution < 1.29 is 24.0 Å². The lowest BCUT2D eigenvalue weighted by Crippen LogP contribution is -2.27. The minimum Gasteiger partial charge on any atom is -0.495 e. The van der Waals surface area contributed by atoms with Crippen molar-refractivity contribution in [2.24, 2.45) is 5.92 Å². The van der Waals surface area contributed by atoms with Crippen LogP contribution in [-0.2, 0) is 20.9 Å². The van der Waals surface area contributed by atoms with Crippen molar-refractivity contribution in [3.63, 3.8) is 0 Å². The summed E-state index contributed by atoms with van der Waals surface area (Å²) in [4.78, 5) is 36.6. The maximum Gasteiger partial charge on any atom is 0.311 e. The zero-order valence-electron chi connectivity index (χ0n) is 15.6. The molecule has 2 aromatic carbocycles. The monoisotopic (exact) mass is 384 g/mol. The van der Waals surface area contributed by atoms with E-state index in [1.807, 2.05) is 19.1 Å². The second-order valence-electron chi connectivity index (χ2n) is 6.61. The zero-order valence-corrected chi connectivity index (χ0v) is 15.6. The molecular formula is C20H20N2O6. The summed E-state index contributed by atoms with van der Waals surface area (Å²) in [5.41, 5.74) is 2.23. The normalized spacial score (nSPS) is 16.1. The van der Waals surface area contributed by atoms with E-state index in [-0.39, 0.29) is 31.2 Å². The number of carbonyl (C=O) groups is 2. The lowest BCUT2D eigenvalue weighted by molar-refractivity contribution is -0.384. The van der Waals surface area contributed by atoms with Crippen molar-refractivity contribution in [3.05, 3.63) is 63.7 Å². The van der Waals surface area contributed by atoms with Crippen LogP contribution in [0.2, 0.25) is 0 Å². The van der Waals surface area contributed by atoms with Crippen LogP contribution in [-0.4, -0.2) is 30.5 Å². The Hall–Kier alpha value is -3.42. The zero-order chi connectivity index (χ0) is 20.3. The molecule has 0 saturated carbocycles. The summed E-state index contributed by atoms with van der Waals surface area (Å²) < 4.78 is 10.6. The third-order valence-corrected chi connectivity index (χ3v) is 4.61. The van der Waals surface area contributed by atoms with Gasteiger partial charge in [-0.2, -0.15) is 0 Å². The number of aryl methyl sites for hydroxylation is 1. The van der Waals surface area contributed by atoms with Gasteiger partial charge < -0.3 is 14.4 Å². The SMILES string of the molecule is COc1ccc(C)cc1N1C[C@H](C(=O)OCc2ccc([N+](=O)[O-])cc2)CC1=O. The Balaban J connectivity index is 1.64. The van der Waals surface area contributed by atoms with Crippen LogP contribution in [0.1, 0.15) is 17.5 Å². The number of methoxy groups -OCH3 is 1. The first-order valence-electron chi connectivity index (χ1n) is 8.74. The summed E-state index contributed by atoms with van der Waals surface area (Å²) >= 11 is 0. The van der Waals surface area contributed by atoms with Crippen molar-refractivity contribution in [3.8, 4) is 5.75 Å². The van der Waals surface area contributed by atoms with Crippen LogP contribution in [0.4, 0.5) is 11.4 Å². The molecule has 0 spiro atoms. The Labute approximate surface area is 161 Å². The van der Waals surface area contributed by atoms with E-state index in [0.29, 0.717) is 17.0 Å². The van der Waals surface area contributed by atoms with E-state index in [4.69, 9.17) is 9.47 Å². The molecule has 8 nitrogen and oxygen atoms in total. The second-order valence-corrected chi connectivity index (χ2v) is 6.61. The number of non-ortho nitro benzene ring substituents is 1. The highest BCUT2D eigenvalue weighted by molar-refractivity contribution is 6.00. The number of anilines is 1. The van der Waals surface area contributed by atoms with Crippen LogP contribution in [0.15, 0.2) is 42.5 Å². The largest absolute Gasteiger partial charge is 0.495 e. The highest BCUT2D eigenvalue weighted by Gasteiger charge is 2.37. The maximum absolute atomic E-state index is 12.4. The minimum absolute atomic E-state index is 0.00468. The number of benzene rings is 2. The van der Waals surface area contributed by atoms with Gasteiger partial charge in [0.2, 0.25) is 5.91 Å². The van der Waals surface area contributed by atoms with Gasteiger partial charge >= 0.3 is 5.97 Å². The van der Waals surface area contributed by atoms with E-state index in [1.54, 1.807) is 11.0 Å². The number of carbonyl (C=O) groups excluding carboxylic acids is 2. The number of rotatable bonds is 6. The number of nitro groups is 1. The molecule has 0 radical (unpaired) electrons. The molecule has 0 aliphatic carbocycles. The highest BCUT2D eigenvalue weighted by atomic mass is 16.6. The summed E-state index contributed by atoms with van der Waals surface area (Å²) in [6.07, 6.45) is 0.0657. The van der Waals surface area contributed by atoms with E-state index >= 15 is 0 Å². The minimum atomic E-state index is -0.573. The van der Waals surface area contributed by atoms with Crippen LogP contribution >= 0.6 is 0 Å². The fourth-order valence-corrected chi connectivity index (χ4v) is 3.10. The summed E-state index contributed by atoms with van der Waals surface area (Å²) in [5.74, 6) is -0.642. The first kappa shape index (κ1) is 19.3. The Morgan fingerprint density at radius 1 is 1.25 bits per heavy atom. The molecule has 0 N–H and O–H groups in total. The smallest absolute Gasteiger partial charge is 0.311 e. The first-order chi connectivity index (χ1) is 13.4. The molecule has 1 fully saturated rings. The Kier molecular flexibility index (Phi) is 5.58. The third-order valence-electron chi connectivity index (χ3n) is 4.61. The van der Waals surface area contributed by atoms with Crippen LogP contribution in [0.5, 0.6) is 5.75 Å². The number of ether oxygens (including phenoxy) is 2. The van der Waals surface area contributed by atoms with E-state index in [9.17, 15) is 19.7 Å².